The largest absolute Gasteiger partial charge is 0.494 e. The molecule has 0 bridgehead atoms. The van der Waals surface area contributed by atoms with Crippen LogP contribution < -0.4 is 14.4 Å². The molecule has 166 valence electrons. The highest BCUT2D eigenvalue weighted by molar-refractivity contribution is 7.89. The lowest BCUT2D eigenvalue weighted by Crippen LogP contribution is -2.48. The van der Waals surface area contributed by atoms with Gasteiger partial charge in [0.05, 0.1) is 29.7 Å². The highest BCUT2D eigenvalue weighted by atomic mass is 32.2. The van der Waals surface area contributed by atoms with Gasteiger partial charge in [-0.05, 0) is 62.6 Å². The van der Waals surface area contributed by atoms with Crippen LogP contribution in [-0.2, 0) is 14.8 Å². The van der Waals surface area contributed by atoms with E-state index >= 15 is 0 Å². The number of piperidine rings is 1. The highest BCUT2D eigenvalue weighted by Gasteiger charge is 2.36. The number of fused-ring (bicyclic) bond motifs is 1. The maximum Gasteiger partial charge on any atom is 0.243 e. The third-order valence-electron chi connectivity index (χ3n) is 5.81. The number of benzene rings is 2. The molecule has 2 aromatic rings. The van der Waals surface area contributed by atoms with E-state index < -0.39 is 10.0 Å². The quantitative estimate of drug-likeness (QED) is 0.708. The third-order valence-corrected chi connectivity index (χ3v) is 7.67. The van der Waals surface area contributed by atoms with Gasteiger partial charge < -0.3 is 14.4 Å². The summed E-state index contributed by atoms with van der Waals surface area (Å²) >= 11 is 0. The Bertz CT molecular complexity index is 1070. The van der Waals surface area contributed by atoms with Crippen molar-refractivity contribution in [3.63, 3.8) is 0 Å². The Balaban J connectivity index is 1.53. The Morgan fingerprint density at radius 1 is 1.19 bits per heavy atom. The number of amides is 1. The molecule has 1 atom stereocenters. The van der Waals surface area contributed by atoms with Gasteiger partial charge in [-0.25, -0.2) is 8.42 Å². The molecule has 1 fully saturated rings. The van der Waals surface area contributed by atoms with Crippen molar-refractivity contribution >= 4 is 21.6 Å². The lowest BCUT2D eigenvalue weighted by molar-refractivity contribution is -0.123. The second-order valence-corrected chi connectivity index (χ2v) is 9.81. The lowest BCUT2D eigenvalue weighted by Gasteiger charge is -2.36. The fourth-order valence-corrected chi connectivity index (χ4v) is 5.84. The summed E-state index contributed by atoms with van der Waals surface area (Å²) in [7, 11) is -3.69. The number of carbonyl (C=O) groups is 1. The van der Waals surface area contributed by atoms with E-state index in [1.807, 2.05) is 38.1 Å². The van der Waals surface area contributed by atoms with Gasteiger partial charge in [-0.2, -0.15) is 4.31 Å². The summed E-state index contributed by atoms with van der Waals surface area (Å²) in [6.07, 6.45) is 1.32. The number of ether oxygens (including phenoxy) is 2. The highest BCUT2D eigenvalue weighted by Crippen LogP contribution is 2.34. The molecular weight excluding hydrogens is 416 g/mol. The monoisotopic (exact) mass is 444 g/mol. The Morgan fingerprint density at radius 3 is 2.77 bits per heavy atom. The van der Waals surface area contributed by atoms with E-state index in [9.17, 15) is 13.2 Å². The molecule has 1 saturated heterocycles. The number of carbonyl (C=O) groups excluding carboxylic acids is 1. The van der Waals surface area contributed by atoms with Gasteiger partial charge in [0, 0.05) is 13.1 Å². The number of hydrogen-bond donors (Lipinski definition) is 0. The van der Waals surface area contributed by atoms with Crippen molar-refractivity contribution in [1.82, 2.24) is 4.31 Å². The summed E-state index contributed by atoms with van der Waals surface area (Å²) in [5.74, 6) is 0.948. The first-order valence-electron chi connectivity index (χ1n) is 10.7. The van der Waals surface area contributed by atoms with Crippen molar-refractivity contribution < 1.29 is 22.7 Å². The smallest absolute Gasteiger partial charge is 0.243 e. The first-order valence-corrected chi connectivity index (χ1v) is 12.1. The molecule has 8 heteroatoms. The van der Waals surface area contributed by atoms with Crippen LogP contribution in [0.15, 0.2) is 47.4 Å². The second-order valence-electron chi connectivity index (χ2n) is 7.87. The normalized spacial score (nSPS) is 19.4. The number of hydrogen-bond acceptors (Lipinski definition) is 5. The van der Waals surface area contributed by atoms with Crippen molar-refractivity contribution in [2.75, 3.05) is 37.7 Å². The van der Waals surface area contributed by atoms with Crippen LogP contribution in [0.25, 0.3) is 0 Å². The molecule has 2 aromatic carbocycles. The second kappa shape index (κ2) is 8.88. The van der Waals surface area contributed by atoms with Gasteiger partial charge in [0.1, 0.15) is 18.1 Å². The molecule has 0 saturated carbocycles. The molecule has 0 aliphatic carbocycles. The molecule has 0 aromatic heterocycles. The van der Waals surface area contributed by atoms with Gasteiger partial charge in [0.25, 0.3) is 0 Å². The molecule has 31 heavy (non-hydrogen) atoms. The van der Waals surface area contributed by atoms with E-state index in [1.165, 1.54) is 4.31 Å². The topological polar surface area (TPSA) is 76.2 Å². The zero-order valence-corrected chi connectivity index (χ0v) is 18.7. The van der Waals surface area contributed by atoms with E-state index in [-0.39, 0.29) is 23.3 Å². The molecule has 1 amide bonds. The van der Waals surface area contributed by atoms with Crippen LogP contribution in [0.2, 0.25) is 0 Å². The van der Waals surface area contributed by atoms with E-state index in [2.05, 4.69) is 0 Å². The Labute approximate surface area is 183 Å². The summed E-state index contributed by atoms with van der Waals surface area (Å²) in [5.41, 5.74) is 1.53. The summed E-state index contributed by atoms with van der Waals surface area (Å²) in [5, 5.41) is 0. The van der Waals surface area contributed by atoms with Crippen LogP contribution in [0, 0.1) is 12.8 Å². The van der Waals surface area contributed by atoms with Gasteiger partial charge >= 0.3 is 0 Å². The first-order chi connectivity index (χ1) is 14.9. The number of sulfonamides is 1. The standard InChI is InChI=1S/C23H28N2O5S/c1-3-29-21-11-10-19(15-17(21)2)31(27,28)24-12-6-7-18(16-24)23(26)25-13-14-30-22-9-5-4-8-20(22)25/h4-5,8-11,15,18H,3,6-7,12-14,16H2,1-2H3/t18-/m0/s1. The molecule has 0 N–H and O–H groups in total. The molecular formula is C23H28N2O5S. The van der Waals surface area contributed by atoms with Gasteiger partial charge in [-0.3, -0.25) is 4.79 Å². The van der Waals surface area contributed by atoms with Gasteiger partial charge in [0.2, 0.25) is 15.9 Å². The minimum Gasteiger partial charge on any atom is -0.494 e. The van der Waals surface area contributed by atoms with E-state index in [1.54, 1.807) is 23.1 Å². The summed E-state index contributed by atoms with van der Waals surface area (Å²) in [6, 6.07) is 12.4. The lowest BCUT2D eigenvalue weighted by atomic mass is 9.97. The predicted molar refractivity (Wildman–Crippen MR) is 118 cm³/mol. The predicted octanol–water partition coefficient (Wildman–Crippen LogP) is 3.22. The van der Waals surface area contributed by atoms with E-state index in [4.69, 9.17) is 9.47 Å². The van der Waals surface area contributed by atoms with Crippen LogP contribution in [0.3, 0.4) is 0 Å². The molecule has 0 radical (unpaired) electrons. The summed E-state index contributed by atoms with van der Waals surface area (Å²) in [4.78, 5) is 15.3. The van der Waals surface area contributed by atoms with Crippen molar-refractivity contribution in [2.45, 2.75) is 31.6 Å². The molecule has 0 unspecified atom stereocenters. The number of nitrogens with zero attached hydrogens (tertiary/aromatic N) is 2. The van der Waals surface area contributed by atoms with Crippen LogP contribution in [0.4, 0.5) is 5.69 Å². The summed E-state index contributed by atoms with van der Waals surface area (Å²) < 4.78 is 39.2. The zero-order valence-electron chi connectivity index (χ0n) is 17.9. The van der Waals surface area contributed by atoms with Gasteiger partial charge in [-0.15, -0.1) is 0 Å². The maximum atomic E-state index is 13.3. The van der Waals surface area contributed by atoms with Crippen LogP contribution in [0.1, 0.15) is 25.3 Å². The van der Waals surface area contributed by atoms with Crippen molar-refractivity contribution in [3.8, 4) is 11.5 Å². The number of anilines is 1. The number of rotatable bonds is 5. The SMILES string of the molecule is CCOc1ccc(S(=O)(=O)N2CCC[C@H](C(=O)N3CCOc4ccccc43)C2)cc1C. The Morgan fingerprint density at radius 2 is 2.00 bits per heavy atom. The summed E-state index contributed by atoms with van der Waals surface area (Å²) in [6.45, 7) is 5.75. The third kappa shape index (κ3) is 4.27. The molecule has 7 nitrogen and oxygen atoms in total. The zero-order chi connectivity index (χ0) is 22.0. The van der Waals surface area contributed by atoms with Crippen LogP contribution in [0.5, 0.6) is 11.5 Å². The Kier molecular flexibility index (Phi) is 6.20. The number of para-hydroxylation sites is 2. The molecule has 2 aliphatic heterocycles. The minimum atomic E-state index is -3.69. The maximum absolute atomic E-state index is 13.3. The Hall–Kier alpha value is -2.58. The molecule has 0 spiro atoms. The van der Waals surface area contributed by atoms with Crippen molar-refractivity contribution in [2.24, 2.45) is 5.92 Å². The van der Waals surface area contributed by atoms with Crippen LogP contribution in [-0.4, -0.2) is 51.5 Å². The van der Waals surface area contributed by atoms with Crippen molar-refractivity contribution in [3.05, 3.63) is 48.0 Å². The number of aryl methyl sites for hydroxylation is 1. The van der Waals surface area contributed by atoms with Gasteiger partial charge in [0.15, 0.2) is 0 Å². The van der Waals surface area contributed by atoms with E-state index in [0.29, 0.717) is 50.6 Å². The van der Waals surface area contributed by atoms with Gasteiger partial charge in [-0.1, -0.05) is 12.1 Å². The van der Waals surface area contributed by atoms with E-state index in [0.717, 1.165) is 11.3 Å². The molecule has 2 aliphatic rings. The fraction of sp³-hybridized carbons (Fsp3) is 0.435. The molecule has 2 heterocycles. The first kappa shape index (κ1) is 21.6. The average Bonchev–Trinajstić information content (AvgIpc) is 2.79. The van der Waals surface area contributed by atoms with Crippen LogP contribution >= 0.6 is 0 Å². The van der Waals surface area contributed by atoms with Crippen molar-refractivity contribution in [1.29, 1.82) is 0 Å². The fourth-order valence-electron chi connectivity index (χ4n) is 4.23. The minimum absolute atomic E-state index is 0.0430. The molecule has 4 rings (SSSR count). The average molecular weight is 445 g/mol.